The molecule has 0 saturated heterocycles. The minimum absolute atomic E-state index is 0.517. The number of nitrogens with zero attached hydrogens (tertiary/aromatic N) is 3. The van der Waals surface area contributed by atoms with Gasteiger partial charge in [-0.15, -0.1) is 0 Å². The second kappa shape index (κ2) is 3.90. The lowest BCUT2D eigenvalue weighted by atomic mass is 10.4. The Balaban J connectivity index is 2.73. The zero-order valence-corrected chi connectivity index (χ0v) is 7.49. The van der Waals surface area contributed by atoms with E-state index in [1.54, 1.807) is 6.07 Å². The minimum atomic E-state index is 0.517. The van der Waals surface area contributed by atoms with Crippen molar-refractivity contribution in [2.45, 2.75) is 13.3 Å². The fourth-order valence-electron chi connectivity index (χ4n) is 1.02. The van der Waals surface area contributed by atoms with Crippen LogP contribution in [0.4, 0.5) is 11.6 Å². The summed E-state index contributed by atoms with van der Waals surface area (Å²) in [6, 6.07) is 1.77. The van der Waals surface area contributed by atoms with Crippen LogP contribution in [0.3, 0.4) is 0 Å². The van der Waals surface area contributed by atoms with Gasteiger partial charge in [0.25, 0.3) is 0 Å². The second-order valence-corrected chi connectivity index (χ2v) is 2.72. The molecule has 0 unspecified atom stereocenters. The lowest BCUT2D eigenvalue weighted by Gasteiger charge is -2.16. The van der Waals surface area contributed by atoms with Crippen LogP contribution >= 0.6 is 0 Å². The number of aromatic nitrogens is 2. The number of anilines is 2. The van der Waals surface area contributed by atoms with E-state index >= 15 is 0 Å². The van der Waals surface area contributed by atoms with Crippen LogP contribution in [0.5, 0.6) is 0 Å². The van der Waals surface area contributed by atoms with Gasteiger partial charge in [0.15, 0.2) is 0 Å². The highest BCUT2D eigenvalue weighted by Gasteiger charge is 2.00. The summed E-state index contributed by atoms with van der Waals surface area (Å²) in [4.78, 5) is 9.97. The van der Waals surface area contributed by atoms with Gasteiger partial charge in [-0.1, -0.05) is 6.92 Å². The van der Waals surface area contributed by atoms with Crippen LogP contribution in [0.2, 0.25) is 0 Å². The highest BCUT2D eigenvalue weighted by molar-refractivity contribution is 5.44. The van der Waals surface area contributed by atoms with E-state index in [4.69, 9.17) is 5.73 Å². The quantitative estimate of drug-likeness (QED) is 0.725. The Kier molecular flexibility index (Phi) is 2.85. The molecule has 0 aliphatic rings. The van der Waals surface area contributed by atoms with Crippen molar-refractivity contribution in [3.05, 3.63) is 12.4 Å². The maximum atomic E-state index is 5.51. The van der Waals surface area contributed by atoms with E-state index in [-0.39, 0.29) is 0 Å². The first-order valence-corrected chi connectivity index (χ1v) is 4.02. The summed E-state index contributed by atoms with van der Waals surface area (Å²) in [5, 5.41) is 0. The van der Waals surface area contributed by atoms with E-state index in [1.165, 1.54) is 6.33 Å². The Morgan fingerprint density at radius 1 is 1.50 bits per heavy atom. The van der Waals surface area contributed by atoms with Crippen LogP contribution in [-0.4, -0.2) is 23.6 Å². The van der Waals surface area contributed by atoms with Crippen LogP contribution in [0, 0.1) is 0 Å². The average Bonchev–Trinajstić information content (AvgIpc) is 2.05. The van der Waals surface area contributed by atoms with Crippen LogP contribution in [0.25, 0.3) is 0 Å². The Bertz CT molecular complexity index is 249. The largest absolute Gasteiger partial charge is 0.384 e. The van der Waals surface area contributed by atoms with Crippen LogP contribution in [-0.2, 0) is 0 Å². The predicted molar refractivity (Wildman–Crippen MR) is 50.0 cm³/mol. The van der Waals surface area contributed by atoms with Crippen molar-refractivity contribution in [1.82, 2.24) is 9.97 Å². The molecule has 0 fully saturated rings. The monoisotopic (exact) mass is 166 g/mol. The zero-order chi connectivity index (χ0) is 8.97. The summed E-state index contributed by atoms with van der Waals surface area (Å²) in [5.41, 5.74) is 5.51. The molecule has 0 spiro atoms. The fraction of sp³-hybridized carbons (Fsp3) is 0.500. The molecule has 0 saturated carbocycles. The van der Waals surface area contributed by atoms with Gasteiger partial charge in [0, 0.05) is 19.7 Å². The fourth-order valence-corrected chi connectivity index (χ4v) is 1.02. The van der Waals surface area contributed by atoms with Crippen LogP contribution in [0.1, 0.15) is 13.3 Å². The molecule has 1 aromatic rings. The maximum Gasteiger partial charge on any atom is 0.133 e. The van der Waals surface area contributed by atoms with Gasteiger partial charge in [-0.05, 0) is 6.42 Å². The summed E-state index contributed by atoms with van der Waals surface area (Å²) >= 11 is 0. The Morgan fingerprint density at radius 3 is 2.83 bits per heavy atom. The van der Waals surface area contributed by atoms with Crippen molar-refractivity contribution in [2.75, 3.05) is 24.2 Å². The first kappa shape index (κ1) is 8.77. The summed E-state index contributed by atoms with van der Waals surface area (Å²) in [6.07, 6.45) is 2.58. The molecule has 0 aliphatic heterocycles. The lowest BCUT2D eigenvalue weighted by Crippen LogP contribution is -2.19. The molecule has 0 aromatic carbocycles. The predicted octanol–water partition coefficient (Wildman–Crippen LogP) is 0.905. The first-order valence-electron chi connectivity index (χ1n) is 4.02. The summed E-state index contributed by atoms with van der Waals surface area (Å²) in [6.45, 7) is 3.11. The van der Waals surface area contributed by atoms with Crippen LogP contribution < -0.4 is 10.6 Å². The molecule has 66 valence electrons. The third-order valence-corrected chi connectivity index (χ3v) is 1.62. The van der Waals surface area contributed by atoms with E-state index in [0.29, 0.717) is 5.82 Å². The normalized spacial score (nSPS) is 9.83. The third kappa shape index (κ3) is 2.08. The molecule has 4 nitrogen and oxygen atoms in total. The first-order chi connectivity index (χ1) is 5.74. The average molecular weight is 166 g/mol. The number of nitrogens with two attached hydrogens (primary N) is 1. The highest BCUT2D eigenvalue weighted by Crippen LogP contribution is 2.09. The summed E-state index contributed by atoms with van der Waals surface area (Å²) in [7, 11) is 1.99. The van der Waals surface area contributed by atoms with E-state index in [1.807, 2.05) is 7.05 Å². The number of hydrogen-bond donors (Lipinski definition) is 1. The highest BCUT2D eigenvalue weighted by atomic mass is 15.2. The van der Waals surface area contributed by atoms with Crippen molar-refractivity contribution < 1.29 is 0 Å². The minimum Gasteiger partial charge on any atom is -0.384 e. The molecule has 4 heteroatoms. The van der Waals surface area contributed by atoms with Gasteiger partial charge in [-0.3, -0.25) is 0 Å². The second-order valence-electron chi connectivity index (χ2n) is 2.72. The molecule has 0 atom stereocenters. The van der Waals surface area contributed by atoms with Crippen molar-refractivity contribution in [2.24, 2.45) is 0 Å². The molecule has 1 aromatic heterocycles. The van der Waals surface area contributed by atoms with E-state index in [9.17, 15) is 0 Å². The van der Waals surface area contributed by atoms with Gasteiger partial charge in [0.1, 0.15) is 18.0 Å². The smallest absolute Gasteiger partial charge is 0.133 e. The standard InChI is InChI=1S/C8H14N4/c1-3-4-12(2)8-5-7(9)10-6-11-8/h5-6H,3-4H2,1-2H3,(H2,9,10,11). The van der Waals surface area contributed by atoms with Gasteiger partial charge in [0.2, 0.25) is 0 Å². The third-order valence-electron chi connectivity index (χ3n) is 1.62. The van der Waals surface area contributed by atoms with Gasteiger partial charge < -0.3 is 10.6 Å². The number of nitrogen functional groups attached to an aromatic ring is 1. The molecule has 1 heterocycles. The topological polar surface area (TPSA) is 55.0 Å². The molecule has 12 heavy (non-hydrogen) atoms. The SMILES string of the molecule is CCCN(C)c1cc(N)ncn1. The molecule has 0 amide bonds. The van der Waals surface area contributed by atoms with Crippen molar-refractivity contribution >= 4 is 11.6 Å². The van der Waals surface area contributed by atoms with Crippen molar-refractivity contribution in [3.63, 3.8) is 0 Å². The van der Waals surface area contributed by atoms with Crippen molar-refractivity contribution in [1.29, 1.82) is 0 Å². The Hall–Kier alpha value is -1.32. The molecule has 2 N–H and O–H groups in total. The lowest BCUT2D eigenvalue weighted by molar-refractivity contribution is 0.835. The van der Waals surface area contributed by atoms with Gasteiger partial charge >= 0.3 is 0 Å². The summed E-state index contributed by atoms with van der Waals surface area (Å²) in [5.74, 6) is 1.40. The van der Waals surface area contributed by atoms with E-state index in [2.05, 4.69) is 21.8 Å². The van der Waals surface area contributed by atoms with E-state index < -0.39 is 0 Å². The number of hydrogen-bond acceptors (Lipinski definition) is 4. The number of rotatable bonds is 3. The molecule has 0 aliphatic carbocycles. The summed E-state index contributed by atoms with van der Waals surface area (Å²) < 4.78 is 0. The van der Waals surface area contributed by atoms with Gasteiger partial charge in [0.05, 0.1) is 0 Å². The molecule has 0 bridgehead atoms. The molecular weight excluding hydrogens is 152 g/mol. The zero-order valence-electron chi connectivity index (χ0n) is 7.49. The van der Waals surface area contributed by atoms with Gasteiger partial charge in [-0.2, -0.15) is 0 Å². The molecule has 1 rings (SSSR count). The Morgan fingerprint density at radius 2 is 2.25 bits per heavy atom. The van der Waals surface area contributed by atoms with E-state index in [0.717, 1.165) is 18.8 Å². The molecule has 0 radical (unpaired) electrons. The van der Waals surface area contributed by atoms with Gasteiger partial charge in [-0.25, -0.2) is 9.97 Å². The van der Waals surface area contributed by atoms with Crippen LogP contribution in [0.15, 0.2) is 12.4 Å². The Labute approximate surface area is 72.4 Å². The molecular formula is C8H14N4. The maximum absolute atomic E-state index is 5.51. The van der Waals surface area contributed by atoms with Crippen molar-refractivity contribution in [3.8, 4) is 0 Å².